The van der Waals surface area contributed by atoms with Crippen molar-refractivity contribution in [2.75, 3.05) is 25.4 Å². The van der Waals surface area contributed by atoms with Gasteiger partial charge in [0.05, 0.1) is 10.5 Å². The first-order chi connectivity index (χ1) is 19.8. The minimum absolute atomic E-state index is 0.0608. The number of carbonyl (C=O) groups excluding carboxylic acids is 2. The van der Waals surface area contributed by atoms with Crippen molar-refractivity contribution in [1.29, 1.82) is 0 Å². The van der Waals surface area contributed by atoms with Gasteiger partial charge < -0.3 is 26.3 Å². The van der Waals surface area contributed by atoms with Crippen molar-refractivity contribution in [2.24, 2.45) is 5.73 Å². The molecule has 0 unspecified atom stereocenters. The van der Waals surface area contributed by atoms with Gasteiger partial charge in [0.25, 0.3) is 0 Å². The zero-order valence-electron chi connectivity index (χ0n) is 23.2. The van der Waals surface area contributed by atoms with Crippen molar-refractivity contribution < 1.29 is 9.59 Å². The number of amides is 2. The standard InChI is InChI=1S/C31H36ClN7O2/c1-20(40)35-13-15-39-27-6-2-5-26(32)30(27)37-31(39)24-4-3-14-38(19-24)29(41)17-25(33)16-21-7-9-22(10-8-21)23-11-12-28(34)36-18-23/h2,5-12,18,24-25H,3-4,13-17,19,33H2,1H3,(H2,34,36)(H,35,40)/t24-,25-/m1/s1. The van der Waals surface area contributed by atoms with Crippen molar-refractivity contribution >= 4 is 40.3 Å². The number of benzene rings is 2. The first-order valence-electron chi connectivity index (χ1n) is 14.0. The number of nitrogens with two attached hydrogens (primary N) is 2. The van der Waals surface area contributed by atoms with E-state index in [4.69, 9.17) is 28.1 Å². The Morgan fingerprint density at radius 1 is 1.12 bits per heavy atom. The van der Waals surface area contributed by atoms with E-state index in [0.717, 1.165) is 46.4 Å². The van der Waals surface area contributed by atoms with Gasteiger partial charge in [-0.3, -0.25) is 9.59 Å². The van der Waals surface area contributed by atoms with Crippen LogP contribution in [0.1, 0.15) is 43.5 Å². The third kappa shape index (κ3) is 6.86. The van der Waals surface area contributed by atoms with Crippen molar-refractivity contribution in [1.82, 2.24) is 24.8 Å². The Bertz CT molecular complexity index is 1520. The van der Waals surface area contributed by atoms with Crippen LogP contribution in [-0.4, -0.2) is 56.9 Å². The van der Waals surface area contributed by atoms with Crippen LogP contribution in [0.2, 0.25) is 5.02 Å². The number of nitrogen functional groups attached to an aromatic ring is 1. The Labute approximate surface area is 244 Å². The molecule has 5 N–H and O–H groups in total. The van der Waals surface area contributed by atoms with Crippen LogP contribution in [0.15, 0.2) is 60.8 Å². The second-order valence-corrected chi connectivity index (χ2v) is 11.1. The zero-order chi connectivity index (χ0) is 28.9. The lowest BCUT2D eigenvalue weighted by Crippen LogP contribution is -2.42. The van der Waals surface area contributed by atoms with Crippen LogP contribution >= 0.6 is 11.6 Å². The van der Waals surface area contributed by atoms with Crippen LogP contribution in [0.5, 0.6) is 0 Å². The summed E-state index contributed by atoms with van der Waals surface area (Å²) in [5.41, 5.74) is 17.0. The van der Waals surface area contributed by atoms with Gasteiger partial charge in [-0.1, -0.05) is 41.9 Å². The zero-order valence-corrected chi connectivity index (χ0v) is 24.0. The number of halogens is 1. The fraction of sp³-hybridized carbons (Fsp3) is 0.355. The predicted octanol–water partition coefficient (Wildman–Crippen LogP) is 4.14. The van der Waals surface area contributed by atoms with Crippen LogP contribution in [-0.2, 0) is 22.6 Å². The average molecular weight is 574 g/mol. The number of hydrogen-bond acceptors (Lipinski definition) is 6. The smallest absolute Gasteiger partial charge is 0.224 e. The number of likely N-dealkylation sites (tertiary alicyclic amines) is 1. The highest BCUT2D eigenvalue weighted by atomic mass is 35.5. The van der Waals surface area contributed by atoms with Crippen LogP contribution in [0.4, 0.5) is 5.82 Å². The number of pyridine rings is 1. The Kier molecular flexibility index (Phi) is 8.85. The number of hydrogen-bond donors (Lipinski definition) is 3. The van der Waals surface area contributed by atoms with Gasteiger partial charge in [0.1, 0.15) is 17.2 Å². The molecular formula is C31H36ClN7O2. The molecule has 1 fully saturated rings. The summed E-state index contributed by atoms with van der Waals surface area (Å²) < 4.78 is 2.13. The maximum absolute atomic E-state index is 13.3. The number of nitrogens with zero attached hydrogens (tertiary/aromatic N) is 4. The van der Waals surface area contributed by atoms with E-state index in [-0.39, 0.29) is 30.2 Å². The van der Waals surface area contributed by atoms with Gasteiger partial charge in [-0.05, 0) is 54.7 Å². The monoisotopic (exact) mass is 573 g/mol. The fourth-order valence-electron chi connectivity index (χ4n) is 5.57. The van der Waals surface area contributed by atoms with Gasteiger partial charge in [0, 0.05) is 63.2 Å². The van der Waals surface area contributed by atoms with E-state index in [9.17, 15) is 9.59 Å². The van der Waals surface area contributed by atoms with E-state index in [1.54, 1.807) is 12.3 Å². The molecule has 1 aliphatic rings. The number of carbonyl (C=O) groups is 2. The first kappa shape index (κ1) is 28.6. The summed E-state index contributed by atoms with van der Waals surface area (Å²) in [7, 11) is 0. The fourth-order valence-corrected chi connectivity index (χ4v) is 5.79. The van der Waals surface area contributed by atoms with Gasteiger partial charge in [-0.2, -0.15) is 0 Å². The Morgan fingerprint density at radius 2 is 1.90 bits per heavy atom. The summed E-state index contributed by atoms with van der Waals surface area (Å²) >= 11 is 6.48. The third-order valence-corrected chi connectivity index (χ3v) is 7.92. The molecule has 2 amide bonds. The van der Waals surface area contributed by atoms with E-state index in [2.05, 4.69) is 14.9 Å². The lowest BCUT2D eigenvalue weighted by Gasteiger charge is -2.33. The first-order valence-corrected chi connectivity index (χ1v) is 14.4. The van der Waals surface area contributed by atoms with Crippen molar-refractivity contribution in [3.05, 3.63) is 77.2 Å². The molecule has 41 heavy (non-hydrogen) atoms. The molecular weight excluding hydrogens is 538 g/mol. The number of para-hydroxylation sites is 1. The number of aromatic nitrogens is 3. The highest BCUT2D eigenvalue weighted by Gasteiger charge is 2.29. The van der Waals surface area contributed by atoms with Crippen molar-refractivity contribution in [3.8, 4) is 11.1 Å². The molecule has 1 saturated heterocycles. The number of nitrogens with one attached hydrogen (secondary N) is 1. The third-order valence-electron chi connectivity index (χ3n) is 7.62. The molecule has 5 rings (SSSR count). The summed E-state index contributed by atoms with van der Waals surface area (Å²) in [4.78, 5) is 35.8. The number of fused-ring (bicyclic) bond motifs is 1. The number of imidazole rings is 1. The van der Waals surface area contributed by atoms with Crippen LogP contribution in [0.3, 0.4) is 0 Å². The van der Waals surface area contributed by atoms with E-state index in [1.165, 1.54) is 6.92 Å². The SMILES string of the molecule is CC(=O)NCCn1c([C@@H]2CCCN(C(=O)C[C@H](N)Cc3ccc(-c4ccc(N)nc4)cc3)C2)nc2c(Cl)cccc21. The molecule has 0 aliphatic carbocycles. The van der Waals surface area contributed by atoms with E-state index >= 15 is 0 Å². The van der Waals surface area contributed by atoms with E-state index < -0.39 is 0 Å². The summed E-state index contributed by atoms with van der Waals surface area (Å²) in [6, 6.07) is 17.3. The lowest BCUT2D eigenvalue weighted by atomic mass is 9.95. The highest BCUT2D eigenvalue weighted by Crippen LogP contribution is 2.32. The Morgan fingerprint density at radius 3 is 2.63 bits per heavy atom. The second-order valence-electron chi connectivity index (χ2n) is 10.7. The summed E-state index contributed by atoms with van der Waals surface area (Å²) in [6.07, 6.45) is 4.46. The molecule has 214 valence electrons. The Balaban J connectivity index is 1.23. The summed E-state index contributed by atoms with van der Waals surface area (Å²) in [5.74, 6) is 1.45. The Hall–Kier alpha value is -3.95. The normalized spacial score (nSPS) is 16.1. The molecule has 1 aliphatic heterocycles. The van der Waals surface area contributed by atoms with Gasteiger partial charge in [0.15, 0.2) is 0 Å². The molecule has 0 bridgehead atoms. The molecule has 4 aromatic rings. The van der Waals surface area contributed by atoms with Gasteiger partial charge in [-0.25, -0.2) is 9.97 Å². The van der Waals surface area contributed by atoms with Crippen LogP contribution in [0.25, 0.3) is 22.2 Å². The van der Waals surface area contributed by atoms with E-state index in [0.29, 0.717) is 43.4 Å². The molecule has 2 aromatic heterocycles. The molecule has 3 heterocycles. The molecule has 2 atom stereocenters. The minimum Gasteiger partial charge on any atom is -0.384 e. The minimum atomic E-state index is -0.284. The van der Waals surface area contributed by atoms with Crippen molar-refractivity contribution in [3.63, 3.8) is 0 Å². The average Bonchev–Trinajstić information content (AvgIpc) is 3.33. The predicted molar refractivity (Wildman–Crippen MR) is 162 cm³/mol. The quantitative estimate of drug-likeness (QED) is 0.276. The maximum Gasteiger partial charge on any atom is 0.224 e. The molecule has 2 aromatic carbocycles. The molecule has 0 spiro atoms. The van der Waals surface area contributed by atoms with E-state index in [1.807, 2.05) is 53.4 Å². The van der Waals surface area contributed by atoms with Crippen LogP contribution < -0.4 is 16.8 Å². The summed E-state index contributed by atoms with van der Waals surface area (Å²) in [6.45, 7) is 3.86. The highest BCUT2D eigenvalue weighted by molar-refractivity contribution is 6.34. The van der Waals surface area contributed by atoms with Gasteiger partial charge in [-0.15, -0.1) is 0 Å². The molecule has 9 nitrogen and oxygen atoms in total. The number of anilines is 1. The maximum atomic E-state index is 13.3. The number of rotatable bonds is 9. The number of piperidine rings is 1. The molecule has 10 heteroatoms. The molecule has 0 saturated carbocycles. The molecule has 0 radical (unpaired) electrons. The summed E-state index contributed by atoms with van der Waals surface area (Å²) in [5, 5.41) is 3.46. The lowest BCUT2D eigenvalue weighted by molar-refractivity contribution is -0.132. The second kappa shape index (κ2) is 12.7. The van der Waals surface area contributed by atoms with Gasteiger partial charge >= 0.3 is 0 Å². The van der Waals surface area contributed by atoms with Crippen molar-refractivity contribution in [2.45, 2.75) is 51.1 Å². The van der Waals surface area contributed by atoms with Gasteiger partial charge in [0.2, 0.25) is 11.8 Å². The topological polar surface area (TPSA) is 132 Å². The van der Waals surface area contributed by atoms with Crippen LogP contribution in [0, 0.1) is 0 Å². The largest absolute Gasteiger partial charge is 0.384 e.